The molecular weight excluding hydrogens is 324 g/mol. The number of rotatable bonds is 2. The summed E-state index contributed by atoms with van der Waals surface area (Å²) >= 11 is 0.459. The minimum atomic E-state index is 0.0867. The summed E-state index contributed by atoms with van der Waals surface area (Å²) in [5, 5.41) is 0. The number of hydrogen-bond donors (Lipinski definition) is 0. The standard InChI is InChI=1S/2C10H13N.Fe/c2*1-10(2,3)8-6-4-5-7-9(8)11;/h2*4-7H,1-3H3;. The first-order valence-electron chi connectivity index (χ1n) is 7.92. The molecule has 0 fully saturated rings. The molecule has 2 aromatic carbocycles. The molecule has 0 saturated heterocycles. The summed E-state index contributed by atoms with van der Waals surface area (Å²) in [6, 6.07) is 16.7. The van der Waals surface area contributed by atoms with Crippen LogP contribution in [-0.2, 0) is 25.4 Å². The third-order valence-electron chi connectivity index (χ3n) is 3.67. The number of benzene rings is 2. The summed E-state index contributed by atoms with van der Waals surface area (Å²) in [4.78, 5) is 0. The summed E-state index contributed by atoms with van der Waals surface area (Å²) in [5.41, 5.74) is 4.78. The van der Waals surface area contributed by atoms with Gasteiger partial charge in [-0.15, -0.1) is 0 Å². The van der Waals surface area contributed by atoms with E-state index in [9.17, 15) is 0 Å². The molecule has 0 N–H and O–H groups in total. The van der Waals surface area contributed by atoms with Gasteiger partial charge in [-0.1, -0.05) is 0 Å². The molecule has 0 aliphatic carbocycles. The van der Waals surface area contributed by atoms with Crippen LogP contribution in [0.2, 0.25) is 0 Å². The van der Waals surface area contributed by atoms with E-state index in [1.807, 2.05) is 12.1 Å². The summed E-state index contributed by atoms with van der Waals surface area (Å²) in [7, 11) is 0. The summed E-state index contributed by atoms with van der Waals surface area (Å²) in [6.07, 6.45) is 0. The van der Waals surface area contributed by atoms with Crippen molar-refractivity contribution >= 4 is 11.4 Å². The maximum atomic E-state index is 4.72. The summed E-state index contributed by atoms with van der Waals surface area (Å²) < 4.78 is 9.45. The molecule has 0 spiro atoms. The molecule has 2 aromatic rings. The average Bonchev–Trinajstić information content (AvgIpc) is 2.46. The second-order valence-corrected chi connectivity index (χ2v) is 8.48. The van der Waals surface area contributed by atoms with E-state index in [0.29, 0.717) is 14.6 Å². The quantitative estimate of drug-likeness (QED) is 0.539. The average molecular weight is 350 g/mol. The van der Waals surface area contributed by atoms with E-state index in [-0.39, 0.29) is 10.8 Å². The number of hydrogen-bond acceptors (Lipinski definition) is 2. The molecule has 0 atom stereocenters. The second-order valence-electron chi connectivity index (χ2n) is 7.76. The molecule has 124 valence electrons. The Hall–Kier alpha value is -1.44. The van der Waals surface area contributed by atoms with Crippen LogP contribution in [0.25, 0.3) is 0 Å². The normalized spacial score (nSPS) is 12.1. The SMILES string of the molecule is CC(C)(C)c1ccccc1[N]=[Fe]=[N]c1ccccc1C(C)(C)C. The van der Waals surface area contributed by atoms with Crippen LogP contribution >= 0.6 is 0 Å². The van der Waals surface area contributed by atoms with Crippen LogP contribution in [0.5, 0.6) is 0 Å². The van der Waals surface area contributed by atoms with Gasteiger partial charge in [0.15, 0.2) is 0 Å². The van der Waals surface area contributed by atoms with E-state index >= 15 is 0 Å². The molecule has 0 aromatic heterocycles. The molecule has 0 aliphatic rings. The minimum absolute atomic E-state index is 0.0867. The first kappa shape index (κ1) is 17.9. The van der Waals surface area contributed by atoms with Crippen molar-refractivity contribution < 1.29 is 14.6 Å². The van der Waals surface area contributed by atoms with E-state index in [0.717, 1.165) is 11.4 Å². The Kier molecular flexibility index (Phi) is 5.44. The zero-order valence-electron chi connectivity index (χ0n) is 14.9. The van der Waals surface area contributed by atoms with Gasteiger partial charge in [-0.2, -0.15) is 0 Å². The predicted octanol–water partition coefficient (Wildman–Crippen LogP) is 6.69. The van der Waals surface area contributed by atoms with Crippen molar-refractivity contribution in [3.63, 3.8) is 0 Å². The Morgan fingerprint density at radius 2 is 0.957 bits per heavy atom. The maximum absolute atomic E-state index is 4.72. The Labute approximate surface area is 146 Å². The van der Waals surface area contributed by atoms with E-state index in [2.05, 4.69) is 77.9 Å². The van der Waals surface area contributed by atoms with E-state index in [4.69, 9.17) is 7.92 Å². The molecular formula is C20H26FeN2. The van der Waals surface area contributed by atoms with Crippen molar-refractivity contribution in [1.82, 2.24) is 0 Å². The van der Waals surface area contributed by atoms with Gasteiger partial charge in [0, 0.05) is 0 Å². The molecule has 0 bridgehead atoms. The van der Waals surface area contributed by atoms with E-state index < -0.39 is 0 Å². The Morgan fingerprint density at radius 1 is 0.609 bits per heavy atom. The first-order chi connectivity index (χ1) is 10.7. The molecule has 0 heterocycles. The van der Waals surface area contributed by atoms with Crippen molar-refractivity contribution in [2.75, 3.05) is 0 Å². The summed E-state index contributed by atoms with van der Waals surface area (Å²) in [6.45, 7) is 13.3. The zero-order chi connectivity index (χ0) is 17.1. The van der Waals surface area contributed by atoms with Crippen LogP contribution in [0.3, 0.4) is 0 Å². The van der Waals surface area contributed by atoms with Crippen LogP contribution in [0.15, 0.2) is 56.5 Å². The summed E-state index contributed by atoms with van der Waals surface area (Å²) in [5.74, 6) is 0. The van der Waals surface area contributed by atoms with Gasteiger partial charge >= 0.3 is 146 Å². The van der Waals surface area contributed by atoms with Crippen molar-refractivity contribution in [3.05, 3.63) is 59.7 Å². The van der Waals surface area contributed by atoms with Crippen LogP contribution in [0, 0.1) is 0 Å². The van der Waals surface area contributed by atoms with Crippen LogP contribution < -0.4 is 0 Å². The zero-order valence-corrected chi connectivity index (χ0v) is 16.0. The van der Waals surface area contributed by atoms with Gasteiger partial charge in [0.25, 0.3) is 0 Å². The predicted molar refractivity (Wildman–Crippen MR) is 94.5 cm³/mol. The molecule has 0 aliphatic heterocycles. The molecule has 23 heavy (non-hydrogen) atoms. The fraction of sp³-hybridized carbons (Fsp3) is 0.400. The number of nitrogens with zero attached hydrogens (tertiary/aromatic N) is 2. The van der Waals surface area contributed by atoms with Crippen molar-refractivity contribution in [3.8, 4) is 0 Å². The van der Waals surface area contributed by atoms with Crippen molar-refractivity contribution in [1.29, 1.82) is 0 Å². The van der Waals surface area contributed by atoms with Gasteiger partial charge in [0.05, 0.1) is 0 Å². The first-order valence-corrected chi connectivity index (χ1v) is 8.91. The monoisotopic (exact) mass is 350 g/mol. The van der Waals surface area contributed by atoms with Crippen LogP contribution in [0.4, 0.5) is 11.4 Å². The van der Waals surface area contributed by atoms with E-state index in [1.165, 1.54) is 11.1 Å². The van der Waals surface area contributed by atoms with Gasteiger partial charge in [0.1, 0.15) is 0 Å². The van der Waals surface area contributed by atoms with Gasteiger partial charge in [0.2, 0.25) is 0 Å². The van der Waals surface area contributed by atoms with E-state index in [1.54, 1.807) is 0 Å². The molecule has 2 rings (SSSR count). The van der Waals surface area contributed by atoms with Crippen LogP contribution in [0.1, 0.15) is 52.7 Å². The molecule has 0 amide bonds. The van der Waals surface area contributed by atoms with Gasteiger partial charge in [-0.25, -0.2) is 0 Å². The Morgan fingerprint density at radius 3 is 1.30 bits per heavy atom. The molecule has 2 nitrogen and oxygen atoms in total. The Bertz CT molecular complexity index is 681. The third-order valence-corrected chi connectivity index (χ3v) is 4.42. The van der Waals surface area contributed by atoms with Crippen molar-refractivity contribution in [2.45, 2.75) is 52.4 Å². The molecule has 0 unspecified atom stereocenters. The third kappa shape index (κ3) is 4.76. The fourth-order valence-corrected chi connectivity index (χ4v) is 3.17. The fourth-order valence-electron chi connectivity index (χ4n) is 2.45. The molecule has 3 heteroatoms. The second kappa shape index (κ2) is 6.98. The van der Waals surface area contributed by atoms with Crippen molar-refractivity contribution in [2.24, 2.45) is 7.92 Å². The van der Waals surface area contributed by atoms with Gasteiger partial charge < -0.3 is 0 Å². The van der Waals surface area contributed by atoms with Gasteiger partial charge in [-0.05, 0) is 0 Å². The Balaban J connectivity index is 2.42. The molecule has 0 saturated carbocycles. The van der Waals surface area contributed by atoms with Crippen LogP contribution in [-0.4, -0.2) is 0 Å². The topological polar surface area (TPSA) is 24.7 Å². The molecule has 0 radical (unpaired) electrons. The van der Waals surface area contributed by atoms with Gasteiger partial charge in [-0.3, -0.25) is 0 Å².